The predicted octanol–water partition coefficient (Wildman–Crippen LogP) is 4.42. The van der Waals surface area contributed by atoms with Crippen LogP contribution in [0.1, 0.15) is 16.7 Å². The molecule has 0 unspecified atom stereocenters. The molecule has 0 nitrogen and oxygen atoms in total. The first-order valence-electron chi connectivity index (χ1n) is 5.41. The number of benzene rings is 2. The molecule has 2 rings (SSSR count). The lowest BCUT2D eigenvalue weighted by atomic mass is 9.99. The molecule has 82 valence electrons. The zero-order valence-electron chi connectivity index (χ0n) is 9.84. The van der Waals surface area contributed by atoms with Gasteiger partial charge in [0.15, 0.2) is 0 Å². The summed E-state index contributed by atoms with van der Waals surface area (Å²) in [5.74, 6) is -0.148. The maximum absolute atomic E-state index is 13.8. The highest BCUT2D eigenvalue weighted by Crippen LogP contribution is 2.25. The van der Waals surface area contributed by atoms with Crippen LogP contribution in [0.3, 0.4) is 0 Å². The number of hydrogen-bond donors (Lipinski definition) is 0. The lowest BCUT2D eigenvalue weighted by Crippen LogP contribution is -1.87. The van der Waals surface area contributed by atoms with Crippen molar-refractivity contribution >= 4 is 0 Å². The molecule has 2 aromatic rings. The standard InChI is InChI=1S/C15H15F/c1-10-4-5-14(15(16)9-10)13-7-11(2)6-12(3)8-13/h4-9H,1-3H3. The summed E-state index contributed by atoms with van der Waals surface area (Å²) < 4.78 is 13.8. The maximum Gasteiger partial charge on any atom is 0.131 e. The molecule has 0 radical (unpaired) electrons. The van der Waals surface area contributed by atoms with Crippen LogP contribution in [0.15, 0.2) is 36.4 Å². The molecule has 0 fully saturated rings. The van der Waals surface area contributed by atoms with E-state index in [1.165, 1.54) is 0 Å². The first-order chi connectivity index (χ1) is 7.56. The van der Waals surface area contributed by atoms with Crippen LogP contribution in [-0.2, 0) is 0 Å². The van der Waals surface area contributed by atoms with E-state index in [4.69, 9.17) is 0 Å². The van der Waals surface area contributed by atoms with Crippen molar-refractivity contribution in [3.63, 3.8) is 0 Å². The highest BCUT2D eigenvalue weighted by Gasteiger charge is 2.05. The van der Waals surface area contributed by atoms with E-state index in [0.717, 1.165) is 22.3 Å². The second kappa shape index (κ2) is 4.09. The Bertz CT molecular complexity index is 507. The molecular weight excluding hydrogens is 199 g/mol. The van der Waals surface area contributed by atoms with E-state index in [-0.39, 0.29) is 5.82 Å². The topological polar surface area (TPSA) is 0 Å². The zero-order valence-corrected chi connectivity index (χ0v) is 9.84. The Kier molecular flexibility index (Phi) is 2.78. The smallest absolute Gasteiger partial charge is 0.131 e. The first-order valence-corrected chi connectivity index (χ1v) is 5.41. The molecule has 0 bridgehead atoms. The van der Waals surface area contributed by atoms with Crippen molar-refractivity contribution in [1.82, 2.24) is 0 Å². The average molecular weight is 214 g/mol. The molecule has 0 aliphatic rings. The van der Waals surface area contributed by atoms with Crippen LogP contribution < -0.4 is 0 Å². The van der Waals surface area contributed by atoms with Gasteiger partial charge in [0.2, 0.25) is 0 Å². The lowest BCUT2D eigenvalue weighted by molar-refractivity contribution is 0.630. The fourth-order valence-corrected chi connectivity index (χ4v) is 1.98. The lowest BCUT2D eigenvalue weighted by Gasteiger charge is -2.07. The van der Waals surface area contributed by atoms with Gasteiger partial charge in [-0.05, 0) is 38.0 Å². The van der Waals surface area contributed by atoms with Gasteiger partial charge in [-0.25, -0.2) is 4.39 Å². The number of aryl methyl sites for hydroxylation is 3. The Morgan fingerprint density at radius 3 is 1.94 bits per heavy atom. The second-order valence-corrected chi connectivity index (χ2v) is 4.36. The largest absolute Gasteiger partial charge is 0.206 e. The fraction of sp³-hybridized carbons (Fsp3) is 0.200. The number of halogens is 1. The van der Waals surface area contributed by atoms with Crippen LogP contribution in [-0.4, -0.2) is 0 Å². The molecule has 0 aliphatic carbocycles. The molecule has 16 heavy (non-hydrogen) atoms. The second-order valence-electron chi connectivity index (χ2n) is 4.36. The highest BCUT2D eigenvalue weighted by molar-refractivity contribution is 5.66. The quantitative estimate of drug-likeness (QED) is 0.659. The number of rotatable bonds is 1. The molecule has 0 amide bonds. The van der Waals surface area contributed by atoms with Gasteiger partial charge >= 0.3 is 0 Å². The van der Waals surface area contributed by atoms with Gasteiger partial charge in [-0.1, -0.05) is 41.5 Å². The Labute approximate surface area is 95.7 Å². The van der Waals surface area contributed by atoms with Crippen LogP contribution in [0, 0.1) is 26.6 Å². The van der Waals surface area contributed by atoms with Gasteiger partial charge < -0.3 is 0 Å². The van der Waals surface area contributed by atoms with Crippen molar-refractivity contribution in [2.45, 2.75) is 20.8 Å². The van der Waals surface area contributed by atoms with Crippen LogP contribution in [0.25, 0.3) is 11.1 Å². The van der Waals surface area contributed by atoms with Gasteiger partial charge in [-0.3, -0.25) is 0 Å². The highest BCUT2D eigenvalue weighted by atomic mass is 19.1. The minimum Gasteiger partial charge on any atom is -0.206 e. The molecule has 0 saturated heterocycles. The summed E-state index contributed by atoms with van der Waals surface area (Å²) >= 11 is 0. The minimum absolute atomic E-state index is 0.148. The summed E-state index contributed by atoms with van der Waals surface area (Å²) in [4.78, 5) is 0. The van der Waals surface area contributed by atoms with Gasteiger partial charge in [0, 0.05) is 5.56 Å². The van der Waals surface area contributed by atoms with E-state index < -0.39 is 0 Å². The summed E-state index contributed by atoms with van der Waals surface area (Å²) in [7, 11) is 0. The average Bonchev–Trinajstić information content (AvgIpc) is 2.15. The fourth-order valence-electron chi connectivity index (χ4n) is 1.98. The van der Waals surface area contributed by atoms with Crippen molar-refractivity contribution in [2.24, 2.45) is 0 Å². The Hall–Kier alpha value is -1.63. The van der Waals surface area contributed by atoms with Gasteiger partial charge in [0.25, 0.3) is 0 Å². The molecule has 0 aliphatic heterocycles. The summed E-state index contributed by atoms with van der Waals surface area (Å²) in [6.45, 7) is 5.96. The molecule has 0 spiro atoms. The van der Waals surface area contributed by atoms with E-state index in [9.17, 15) is 4.39 Å². The summed E-state index contributed by atoms with van der Waals surface area (Å²) in [6, 6.07) is 11.5. The normalized spacial score (nSPS) is 10.5. The summed E-state index contributed by atoms with van der Waals surface area (Å²) in [5.41, 5.74) is 4.91. The third-order valence-corrected chi connectivity index (χ3v) is 2.66. The molecule has 1 heteroatoms. The van der Waals surface area contributed by atoms with Crippen LogP contribution in [0.4, 0.5) is 4.39 Å². The van der Waals surface area contributed by atoms with Crippen molar-refractivity contribution < 1.29 is 4.39 Å². The van der Waals surface area contributed by atoms with Crippen LogP contribution in [0.2, 0.25) is 0 Å². The van der Waals surface area contributed by atoms with E-state index in [1.807, 2.05) is 45.0 Å². The third kappa shape index (κ3) is 2.13. The monoisotopic (exact) mass is 214 g/mol. The zero-order chi connectivity index (χ0) is 11.7. The van der Waals surface area contributed by atoms with Crippen molar-refractivity contribution in [3.05, 3.63) is 58.9 Å². The minimum atomic E-state index is -0.148. The Balaban J connectivity index is 2.58. The molecule has 0 N–H and O–H groups in total. The Morgan fingerprint density at radius 2 is 1.38 bits per heavy atom. The maximum atomic E-state index is 13.8. The van der Waals surface area contributed by atoms with E-state index in [1.54, 1.807) is 6.07 Å². The van der Waals surface area contributed by atoms with Crippen molar-refractivity contribution in [1.29, 1.82) is 0 Å². The molecular formula is C15H15F. The molecule has 0 heterocycles. The molecule has 0 atom stereocenters. The molecule has 0 aromatic heterocycles. The summed E-state index contributed by atoms with van der Waals surface area (Å²) in [6.07, 6.45) is 0. The van der Waals surface area contributed by atoms with Crippen LogP contribution >= 0.6 is 0 Å². The number of hydrogen-bond acceptors (Lipinski definition) is 0. The molecule has 0 saturated carbocycles. The van der Waals surface area contributed by atoms with E-state index in [2.05, 4.69) is 6.07 Å². The van der Waals surface area contributed by atoms with Crippen molar-refractivity contribution in [2.75, 3.05) is 0 Å². The first kappa shape index (κ1) is 10.9. The summed E-state index contributed by atoms with van der Waals surface area (Å²) in [5, 5.41) is 0. The predicted molar refractivity (Wildman–Crippen MR) is 66.0 cm³/mol. The van der Waals surface area contributed by atoms with E-state index >= 15 is 0 Å². The van der Waals surface area contributed by atoms with Gasteiger partial charge in [0.05, 0.1) is 0 Å². The van der Waals surface area contributed by atoms with Crippen molar-refractivity contribution in [3.8, 4) is 11.1 Å². The molecule has 2 aromatic carbocycles. The third-order valence-electron chi connectivity index (χ3n) is 2.66. The van der Waals surface area contributed by atoms with Gasteiger partial charge in [-0.15, -0.1) is 0 Å². The van der Waals surface area contributed by atoms with Crippen LogP contribution in [0.5, 0.6) is 0 Å². The van der Waals surface area contributed by atoms with E-state index in [0.29, 0.717) is 5.56 Å². The Morgan fingerprint density at radius 1 is 0.750 bits per heavy atom. The van der Waals surface area contributed by atoms with Gasteiger partial charge in [-0.2, -0.15) is 0 Å². The van der Waals surface area contributed by atoms with Gasteiger partial charge in [0.1, 0.15) is 5.82 Å². The SMILES string of the molecule is Cc1cc(C)cc(-c2ccc(C)cc2F)c1.